The molecule has 0 aliphatic carbocycles. The number of hydrogen-bond acceptors (Lipinski definition) is 4. The predicted octanol–water partition coefficient (Wildman–Crippen LogP) is 4.03. The average molecular weight is 418 g/mol. The van der Waals surface area contributed by atoms with Crippen molar-refractivity contribution >= 4 is 27.3 Å². The Balaban J connectivity index is 1.83. The van der Waals surface area contributed by atoms with Gasteiger partial charge in [-0.1, -0.05) is 24.3 Å². The Morgan fingerprint density at radius 2 is 1.59 bits per heavy atom. The number of halogens is 2. The molecule has 0 saturated carbocycles. The van der Waals surface area contributed by atoms with E-state index in [0.29, 0.717) is 5.75 Å². The molecule has 3 aromatic rings. The van der Waals surface area contributed by atoms with E-state index in [1.807, 2.05) is 0 Å². The normalized spacial score (nSPS) is 11.0. The van der Waals surface area contributed by atoms with Crippen LogP contribution in [0.15, 0.2) is 71.6 Å². The highest BCUT2D eigenvalue weighted by Gasteiger charge is 2.19. The molecule has 0 radical (unpaired) electrons. The van der Waals surface area contributed by atoms with Crippen LogP contribution in [0.4, 0.5) is 20.2 Å². The number of carbonyl (C=O) groups is 1. The lowest BCUT2D eigenvalue weighted by molar-refractivity contribution is 0.102. The van der Waals surface area contributed by atoms with Crippen molar-refractivity contribution in [3.05, 3.63) is 83.9 Å². The van der Waals surface area contributed by atoms with Crippen LogP contribution in [0.25, 0.3) is 0 Å². The number of sulfonamides is 1. The van der Waals surface area contributed by atoms with E-state index < -0.39 is 27.6 Å². The zero-order chi connectivity index (χ0) is 21.0. The number of rotatable bonds is 6. The van der Waals surface area contributed by atoms with Crippen LogP contribution in [0, 0.1) is 11.6 Å². The van der Waals surface area contributed by atoms with Crippen molar-refractivity contribution < 1.29 is 26.7 Å². The topological polar surface area (TPSA) is 84.5 Å². The summed E-state index contributed by atoms with van der Waals surface area (Å²) in [6, 6.07) is 14.6. The summed E-state index contributed by atoms with van der Waals surface area (Å²) in [5.41, 5.74) is -0.358. The van der Waals surface area contributed by atoms with Gasteiger partial charge in [0.1, 0.15) is 17.4 Å². The van der Waals surface area contributed by atoms with Crippen LogP contribution in [0.3, 0.4) is 0 Å². The third-order valence-electron chi connectivity index (χ3n) is 3.97. The first kappa shape index (κ1) is 20.3. The number of methoxy groups -OCH3 is 1. The van der Waals surface area contributed by atoms with E-state index in [1.54, 1.807) is 18.2 Å². The average Bonchev–Trinajstić information content (AvgIpc) is 2.69. The van der Waals surface area contributed by atoms with Crippen molar-refractivity contribution in [2.75, 3.05) is 17.1 Å². The van der Waals surface area contributed by atoms with Gasteiger partial charge in [-0.3, -0.25) is 9.52 Å². The lowest BCUT2D eigenvalue weighted by atomic mass is 10.2. The van der Waals surface area contributed by atoms with E-state index >= 15 is 0 Å². The van der Waals surface area contributed by atoms with Crippen LogP contribution in [0.1, 0.15) is 10.4 Å². The molecule has 0 saturated heterocycles. The molecule has 6 nitrogen and oxygen atoms in total. The summed E-state index contributed by atoms with van der Waals surface area (Å²) in [5.74, 6) is -2.31. The van der Waals surface area contributed by atoms with E-state index in [2.05, 4.69) is 10.0 Å². The summed E-state index contributed by atoms with van der Waals surface area (Å²) in [5, 5.41) is 2.22. The monoisotopic (exact) mass is 418 g/mol. The Labute approximate surface area is 166 Å². The summed E-state index contributed by atoms with van der Waals surface area (Å²) >= 11 is 0. The Morgan fingerprint density at radius 1 is 0.897 bits per heavy atom. The Bertz CT molecular complexity index is 1170. The first-order valence-corrected chi connectivity index (χ1v) is 9.81. The quantitative estimate of drug-likeness (QED) is 0.633. The molecule has 0 spiro atoms. The van der Waals surface area contributed by atoms with Crippen molar-refractivity contribution in [3.63, 3.8) is 0 Å². The minimum Gasteiger partial charge on any atom is -0.495 e. The van der Waals surface area contributed by atoms with Gasteiger partial charge in [-0.15, -0.1) is 0 Å². The predicted molar refractivity (Wildman–Crippen MR) is 105 cm³/mol. The standard InChI is InChI=1S/C20H16F2N2O4S/c1-28-19-9-5-4-8-18(19)24-29(26,27)13-10-11-17(16(22)12-13)23-20(25)14-6-2-3-7-15(14)21/h2-12,24H,1H3,(H,23,25). The first-order valence-electron chi connectivity index (χ1n) is 8.33. The molecule has 29 heavy (non-hydrogen) atoms. The maximum Gasteiger partial charge on any atom is 0.262 e. The number of para-hydroxylation sites is 2. The second kappa shape index (κ2) is 8.27. The first-order chi connectivity index (χ1) is 13.8. The van der Waals surface area contributed by atoms with Crippen molar-refractivity contribution in [1.29, 1.82) is 0 Å². The molecule has 0 atom stereocenters. The fourth-order valence-electron chi connectivity index (χ4n) is 2.53. The molecule has 0 aliphatic rings. The van der Waals surface area contributed by atoms with Gasteiger partial charge in [0.05, 0.1) is 28.9 Å². The van der Waals surface area contributed by atoms with E-state index in [9.17, 15) is 22.0 Å². The smallest absolute Gasteiger partial charge is 0.262 e. The molecule has 0 unspecified atom stereocenters. The summed E-state index contributed by atoms with van der Waals surface area (Å²) in [6.07, 6.45) is 0. The van der Waals surface area contributed by atoms with Crippen LogP contribution < -0.4 is 14.8 Å². The molecule has 0 aromatic heterocycles. The van der Waals surface area contributed by atoms with Gasteiger partial charge in [0.15, 0.2) is 0 Å². The highest BCUT2D eigenvalue weighted by Crippen LogP contribution is 2.27. The second-order valence-electron chi connectivity index (χ2n) is 5.88. The highest BCUT2D eigenvalue weighted by molar-refractivity contribution is 7.92. The molecule has 9 heteroatoms. The van der Waals surface area contributed by atoms with E-state index in [1.165, 1.54) is 31.4 Å². The molecule has 1 amide bonds. The Morgan fingerprint density at radius 3 is 2.28 bits per heavy atom. The number of amides is 1. The van der Waals surface area contributed by atoms with Crippen molar-refractivity contribution in [2.45, 2.75) is 4.90 Å². The maximum atomic E-state index is 14.4. The van der Waals surface area contributed by atoms with Crippen molar-refractivity contribution in [3.8, 4) is 5.75 Å². The number of anilines is 2. The molecule has 0 aliphatic heterocycles. The van der Waals surface area contributed by atoms with E-state index in [4.69, 9.17) is 4.74 Å². The van der Waals surface area contributed by atoms with Crippen molar-refractivity contribution in [2.24, 2.45) is 0 Å². The molecule has 0 heterocycles. The molecular formula is C20H16F2N2O4S. The third kappa shape index (κ3) is 4.52. The van der Waals surface area contributed by atoms with Crippen LogP contribution in [-0.2, 0) is 10.0 Å². The van der Waals surface area contributed by atoms with Crippen LogP contribution in [0.5, 0.6) is 5.75 Å². The number of carbonyl (C=O) groups excluding carboxylic acids is 1. The minimum atomic E-state index is -4.12. The largest absolute Gasteiger partial charge is 0.495 e. The third-order valence-corrected chi connectivity index (χ3v) is 5.33. The molecule has 3 rings (SSSR count). The number of benzene rings is 3. The fourth-order valence-corrected chi connectivity index (χ4v) is 3.61. The number of hydrogen-bond donors (Lipinski definition) is 2. The summed E-state index contributed by atoms with van der Waals surface area (Å²) in [7, 11) is -2.73. The van der Waals surface area contributed by atoms with Gasteiger partial charge in [0, 0.05) is 0 Å². The van der Waals surface area contributed by atoms with Crippen molar-refractivity contribution in [1.82, 2.24) is 0 Å². The highest BCUT2D eigenvalue weighted by atomic mass is 32.2. The molecule has 0 bridgehead atoms. The van der Waals surface area contributed by atoms with Gasteiger partial charge in [0.2, 0.25) is 0 Å². The molecule has 0 fully saturated rings. The van der Waals surface area contributed by atoms with E-state index in [0.717, 1.165) is 24.3 Å². The van der Waals surface area contributed by atoms with Gasteiger partial charge in [-0.05, 0) is 42.5 Å². The summed E-state index contributed by atoms with van der Waals surface area (Å²) < 4.78 is 60.6. The SMILES string of the molecule is COc1ccccc1NS(=O)(=O)c1ccc(NC(=O)c2ccccc2F)c(F)c1. The lowest BCUT2D eigenvalue weighted by Gasteiger charge is -2.13. The van der Waals surface area contributed by atoms with Gasteiger partial charge >= 0.3 is 0 Å². The Kier molecular flexibility index (Phi) is 5.79. The fraction of sp³-hybridized carbons (Fsp3) is 0.0500. The number of nitrogens with one attached hydrogen (secondary N) is 2. The van der Waals surface area contributed by atoms with Gasteiger partial charge in [-0.2, -0.15) is 0 Å². The van der Waals surface area contributed by atoms with Gasteiger partial charge < -0.3 is 10.1 Å². The van der Waals surface area contributed by atoms with Gasteiger partial charge in [-0.25, -0.2) is 17.2 Å². The maximum absolute atomic E-state index is 14.4. The molecular weight excluding hydrogens is 402 g/mol. The molecule has 150 valence electrons. The van der Waals surface area contributed by atoms with Crippen LogP contribution in [0.2, 0.25) is 0 Å². The summed E-state index contributed by atoms with van der Waals surface area (Å²) in [4.78, 5) is 11.8. The zero-order valence-electron chi connectivity index (χ0n) is 15.1. The minimum absolute atomic E-state index is 0.187. The number of ether oxygens (including phenoxy) is 1. The lowest BCUT2D eigenvalue weighted by Crippen LogP contribution is -2.16. The molecule has 3 aromatic carbocycles. The van der Waals surface area contributed by atoms with Gasteiger partial charge in [0.25, 0.3) is 15.9 Å². The summed E-state index contributed by atoms with van der Waals surface area (Å²) in [6.45, 7) is 0. The Hall–Kier alpha value is -3.46. The van der Waals surface area contributed by atoms with Crippen LogP contribution in [-0.4, -0.2) is 21.4 Å². The second-order valence-corrected chi connectivity index (χ2v) is 7.56. The van der Waals surface area contributed by atoms with E-state index in [-0.39, 0.29) is 21.8 Å². The molecule has 2 N–H and O–H groups in total. The van der Waals surface area contributed by atoms with Crippen LogP contribution >= 0.6 is 0 Å². The zero-order valence-corrected chi connectivity index (χ0v) is 16.0.